The van der Waals surface area contributed by atoms with Crippen LogP contribution in [-0.2, 0) is 14.8 Å². The van der Waals surface area contributed by atoms with Crippen LogP contribution in [-0.4, -0.2) is 59.6 Å². The Hall–Kier alpha value is -2.98. The van der Waals surface area contributed by atoms with E-state index in [1.165, 1.54) is 39.4 Å². The molecular formula is C21H29N3O6S. The van der Waals surface area contributed by atoms with Gasteiger partial charge in [-0.2, -0.15) is 0 Å². The smallest absolute Gasteiger partial charge is 0.243 e. The first-order chi connectivity index (χ1) is 14.7. The second-order valence-corrected chi connectivity index (χ2v) is 8.73. The molecule has 1 amide bonds. The number of ether oxygens (including phenoxy) is 3. The lowest BCUT2D eigenvalue weighted by Gasteiger charge is -2.16. The predicted octanol–water partition coefficient (Wildman–Crippen LogP) is 2.79. The number of nitrogens with zero attached hydrogens (tertiary/aromatic N) is 1. The van der Waals surface area contributed by atoms with Gasteiger partial charge in [-0.05, 0) is 44.2 Å². The zero-order chi connectivity index (χ0) is 23.0. The summed E-state index contributed by atoms with van der Waals surface area (Å²) < 4.78 is 42.2. The van der Waals surface area contributed by atoms with E-state index >= 15 is 0 Å². The van der Waals surface area contributed by atoms with Crippen molar-refractivity contribution in [1.82, 2.24) is 4.31 Å². The fourth-order valence-corrected chi connectivity index (χ4v) is 3.64. The first-order valence-corrected chi connectivity index (χ1v) is 11.2. The number of rotatable bonds is 11. The van der Waals surface area contributed by atoms with Crippen molar-refractivity contribution >= 4 is 27.3 Å². The summed E-state index contributed by atoms with van der Waals surface area (Å²) in [7, 11) is 0.661. The minimum absolute atomic E-state index is 0.0459. The van der Waals surface area contributed by atoms with E-state index in [9.17, 15) is 13.2 Å². The highest BCUT2D eigenvalue weighted by Crippen LogP contribution is 2.30. The van der Waals surface area contributed by atoms with Gasteiger partial charge in [0, 0.05) is 20.2 Å². The van der Waals surface area contributed by atoms with E-state index in [0.29, 0.717) is 36.1 Å². The number of hydrogen-bond donors (Lipinski definition) is 2. The molecule has 0 spiro atoms. The Morgan fingerprint density at radius 3 is 2.26 bits per heavy atom. The van der Waals surface area contributed by atoms with Crippen molar-refractivity contribution in [2.75, 3.05) is 51.6 Å². The van der Waals surface area contributed by atoms with E-state index in [4.69, 9.17) is 14.2 Å². The number of amides is 1. The highest BCUT2D eigenvalue weighted by Gasteiger charge is 2.20. The normalized spacial score (nSPS) is 11.2. The molecule has 2 rings (SSSR count). The van der Waals surface area contributed by atoms with Crippen molar-refractivity contribution in [2.45, 2.75) is 18.7 Å². The highest BCUT2D eigenvalue weighted by molar-refractivity contribution is 7.89. The Kier molecular flexibility index (Phi) is 8.52. The molecule has 0 saturated heterocycles. The lowest BCUT2D eigenvalue weighted by molar-refractivity contribution is -0.114. The molecule has 9 nitrogen and oxygen atoms in total. The zero-order valence-electron chi connectivity index (χ0n) is 18.4. The number of anilines is 2. The Balaban J connectivity index is 2.18. The quantitative estimate of drug-likeness (QED) is 0.541. The van der Waals surface area contributed by atoms with Crippen LogP contribution in [0.4, 0.5) is 11.4 Å². The standard InChI is InChI=1S/C21H29N3O6S/c1-6-29-15-8-10-20(30-7-2)17(12-15)22-14-21(25)23-18-13-16(9-11-19(18)28-5)31(26,27)24(3)4/h8-13,22H,6-7,14H2,1-5H3,(H,23,25). The fourth-order valence-electron chi connectivity index (χ4n) is 2.71. The van der Waals surface area contributed by atoms with E-state index in [0.717, 1.165) is 4.31 Å². The summed E-state index contributed by atoms with van der Waals surface area (Å²) in [6.07, 6.45) is 0. The van der Waals surface area contributed by atoms with E-state index in [-0.39, 0.29) is 23.0 Å². The average molecular weight is 452 g/mol. The molecular weight excluding hydrogens is 422 g/mol. The van der Waals surface area contributed by atoms with Crippen LogP contribution in [0.15, 0.2) is 41.3 Å². The van der Waals surface area contributed by atoms with Crippen LogP contribution >= 0.6 is 0 Å². The Morgan fingerprint density at radius 1 is 0.968 bits per heavy atom. The van der Waals surface area contributed by atoms with E-state index < -0.39 is 10.0 Å². The Bertz CT molecular complexity index is 1010. The molecule has 0 atom stereocenters. The van der Waals surface area contributed by atoms with Crippen molar-refractivity contribution < 1.29 is 27.4 Å². The molecule has 0 aliphatic rings. The third-order valence-corrected chi connectivity index (χ3v) is 6.04. The SMILES string of the molecule is CCOc1ccc(OCC)c(NCC(=O)Nc2cc(S(=O)(=O)N(C)C)ccc2OC)c1. The molecule has 0 bridgehead atoms. The van der Waals surface area contributed by atoms with Crippen LogP contribution in [0.25, 0.3) is 0 Å². The monoisotopic (exact) mass is 451 g/mol. The summed E-state index contributed by atoms with van der Waals surface area (Å²) in [6, 6.07) is 9.61. The Morgan fingerprint density at radius 2 is 1.65 bits per heavy atom. The first-order valence-electron chi connectivity index (χ1n) is 9.76. The molecule has 2 aromatic rings. The van der Waals surface area contributed by atoms with Gasteiger partial charge in [-0.1, -0.05) is 0 Å². The summed E-state index contributed by atoms with van der Waals surface area (Å²) in [5.41, 5.74) is 0.865. The van der Waals surface area contributed by atoms with E-state index in [1.807, 2.05) is 13.8 Å². The molecule has 0 aromatic heterocycles. The molecule has 0 heterocycles. The van der Waals surface area contributed by atoms with Gasteiger partial charge in [0.2, 0.25) is 15.9 Å². The molecule has 0 saturated carbocycles. The Labute approximate surface area is 183 Å². The van der Waals surface area contributed by atoms with Gasteiger partial charge in [-0.3, -0.25) is 4.79 Å². The van der Waals surface area contributed by atoms with Crippen LogP contribution in [0, 0.1) is 0 Å². The van der Waals surface area contributed by atoms with Gasteiger partial charge in [0.05, 0.1) is 43.1 Å². The van der Waals surface area contributed by atoms with Gasteiger partial charge in [-0.25, -0.2) is 12.7 Å². The molecule has 0 radical (unpaired) electrons. The summed E-state index contributed by atoms with van der Waals surface area (Å²) in [6.45, 7) is 4.66. The van der Waals surface area contributed by atoms with Crippen molar-refractivity contribution in [3.63, 3.8) is 0 Å². The van der Waals surface area contributed by atoms with Crippen molar-refractivity contribution in [1.29, 1.82) is 0 Å². The number of carbonyl (C=O) groups excluding carboxylic acids is 1. The number of nitrogens with one attached hydrogen (secondary N) is 2. The van der Waals surface area contributed by atoms with Crippen molar-refractivity contribution in [3.8, 4) is 17.2 Å². The van der Waals surface area contributed by atoms with Crippen LogP contribution in [0.2, 0.25) is 0 Å². The van der Waals surface area contributed by atoms with E-state index in [2.05, 4.69) is 10.6 Å². The zero-order valence-corrected chi connectivity index (χ0v) is 19.2. The number of carbonyl (C=O) groups is 1. The van der Waals surface area contributed by atoms with Crippen molar-refractivity contribution in [3.05, 3.63) is 36.4 Å². The number of methoxy groups -OCH3 is 1. The highest BCUT2D eigenvalue weighted by atomic mass is 32.2. The lowest BCUT2D eigenvalue weighted by Crippen LogP contribution is -2.24. The van der Waals surface area contributed by atoms with Crippen LogP contribution in [0.5, 0.6) is 17.2 Å². The van der Waals surface area contributed by atoms with Crippen LogP contribution in [0.3, 0.4) is 0 Å². The van der Waals surface area contributed by atoms with Gasteiger partial charge < -0.3 is 24.8 Å². The number of hydrogen-bond acceptors (Lipinski definition) is 7. The molecule has 0 unspecified atom stereocenters. The molecule has 0 fully saturated rings. The number of benzene rings is 2. The van der Waals surface area contributed by atoms with Crippen molar-refractivity contribution in [2.24, 2.45) is 0 Å². The lowest BCUT2D eigenvalue weighted by atomic mass is 10.2. The van der Waals surface area contributed by atoms with Crippen LogP contribution in [0.1, 0.15) is 13.8 Å². The third kappa shape index (κ3) is 6.25. The number of sulfonamides is 1. The topological polar surface area (TPSA) is 106 Å². The maximum atomic E-state index is 12.6. The van der Waals surface area contributed by atoms with E-state index in [1.54, 1.807) is 18.2 Å². The maximum Gasteiger partial charge on any atom is 0.243 e. The summed E-state index contributed by atoms with van der Waals surface area (Å²) in [5.74, 6) is 1.20. The molecule has 10 heteroatoms. The predicted molar refractivity (Wildman–Crippen MR) is 120 cm³/mol. The minimum Gasteiger partial charge on any atom is -0.495 e. The summed E-state index contributed by atoms with van der Waals surface area (Å²) in [4.78, 5) is 12.6. The second kappa shape index (κ2) is 10.9. The summed E-state index contributed by atoms with van der Waals surface area (Å²) in [5, 5.41) is 5.73. The molecule has 0 aliphatic carbocycles. The average Bonchev–Trinajstić information content (AvgIpc) is 2.73. The molecule has 2 aromatic carbocycles. The fraction of sp³-hybridized carbons (Fsp3) is 0.381. The maximum absolute atomic E-state index is 12.6. The minimum atomic E-state index is -3.66. The molecule has 0 aliphatic heterocycles. The van der Waals surface area contributed by atoms with Gasteiger partial charge in [0.1, 0.15) is 17.2 Å². The molecule has 2 N–H and O–H groups in total. The summed E-state index contributed by atoms with van der Waals surface area (Å²) >= 11 is 0. The van der Waals surface area contributed by atoms with Gasteiger partial charge in [0.25, 0.3) is 0 Å². The van der Waals surface area contributed by atoms with Gasteiger partial charge >= 0.3 is 0 Å². The van der Waals surface area contributed by atoms with Crippen LogP contribution < -0.4 is 24.8 Å². The van der Waals surface area contributed by atoms with Gasteiger partial charge in [0.15, 0.2) is 0 Å². The first kappa shape index (κ1) is 24.3. The largest absolute Gasteiger partial charge is 0.495 e. The molecule has 170 valence electrons. The van der Waals surface area contributed by atoms with Gasteiger partial charge in [-0.15, -0.1) is 0 Å². The second-order valence-electron chi connectivity index (χ2n) is 6.58. The molecule has 31 heavy (non-hydrogen) atoms. The third-order valence-electron chi connectivity index (χ3n) is 4.22.